The SMILES string of the molecule is O=C(Nc1cccc(OC(F)F)c1)c1ccc(Cl)cc1N1CCCC1=O. The van der Waals surface area contributed by atoms with Crippen molar-refractivity contribution in [1.82, 2.24) is 0 Å². The van der Waals surface area contributed by atoms with Gasteiger partial charge in [0.1, 0.15) is 5.75 Å². The molecule has 1 heterocycles. The van der Waals surface area contributed by atoms with E-state index < -0.39 is 12.5 Å². The molecular formula is C18H15ClF2N2O3. The number of anilines is 2. The zero-order valence-electron chi connectivity index (χ0n) is 13.5. The van der Waals surface area contributed by atoms with Gasteiger partial charge in [0.25, 0.3) is 5.91 Å². The summed E-state index contributed by atoms with van der Waals surface area (Å²) in [5.41, 5.74) is 0.990. The number of alkyl halides is 2. The molecular weight excluding hydrogens is 366 g/mol. The lowest BCUT2D eigenvalue weighted by Crippen LogP contribution is -2.27. The highest BCUT2D eigenvalue weighted by Crippen LogP contribution is 2.29. The first-order valence-electron chi connectivity index (χ1n) is 7.90. The van der Waals surface area contributed by atoms with Crippen LogP contribution in [-0.2, 0) is 4.79 Å². The fourth-order valence-electron chi connectivity index (χ4n) is 2.77. The molecule has 0 radical (unpaired) electrons. The Morgan fingerprint density at radius 3 is 2.73 bits per heavy atom. The van der Waals surface area contributed by atoms with Gasteiger partial charge in [-0.05, 0) is 36.8 Å². The Kier molecular flexibility index (Phi) is 5.37. The predicted octanol–water partition coefficient (Wildman–Crippen LogP) is 4.32. The van der Waals surface area contributed by atoms with Crippen molar-refractivity contribution >= 4 is 34.8 Å². The van der Waals surface area contributed by atoms with Gasteiger partial charge in [-0.25, -0.2) is 0 Å². The summed E-state index contributed by atoms with van der Waals surface area (Å²) in [7, 11) is 0. The van der Waals surface area contributed by atoms with Gasteiger partial charge in [-0.3, -0.25) is 9.59 Å². The van der Waals surface area contributed by atoms with Crippen LogP contribution >= 0.6 is 11.6 Å². The number of ether oxygens (including phenoxy) is 1. The molecule has 2 aromatic carbocycles. The summed E-state index contributed by atoms with van der Waals surface area (Å²) >= 11 is 6.02. The molecule has 2 amide bonds. The van der Waals surface area contributed by atoms with Crippen molar-refractivity contribution in [3.63, 3.8) is 0 Å². The molecule has 0 atom stereocenters. The van der Waals surface area contributed by atoms with Crippen LogP contribution < -0.4 is 15.0 Å². The molecule has 3 rings (SSSR count). The fraction of sp³-hybridized carbons (Fsp3) is 0.222. The summed E-state index contributed by atoms with van der Waals surface area (Å²) in [6.45, 7) is -2.44. The molecule has 26 heavy (non-hydrogen) atoms. The van der Waals surface area contributed by atoms with Crippen molar-refractivity contribution in [2.45, 2.75) is 19.5 Å². The Bertz CT molecular complexity index is 845. The Labute approximate surface area is 153 Å². The van der Waals surface area contributed by atoms with E-state index in [4.69, 9.17) is 11.6 Å². The number of hydrogen-bond donors (Lipinski definition) is 1. The van der Waals surface area contributed by atoms with Crippen LogP contribution in [0.1, 0.15) is 23.2 Å². The lowest BCUT2D eigenvalue weighted by molar-refractivity contribution is -0.117. The minimum absolute atomic E-state index is 0.0659. The average molecular weight is 381 g/mol. The van der Waals surface area contributed by atoms with Gasteiger partial charge in [0.15, 0.2) is 0 Å². The van der Waals surface area contributed by atoms with E-state index in [-0.39, 0.29) is 17.2 Å². The standard InChI is InChI=1S/C18H15ClF2N2O3/c19-11-6-7-14(15(9-11)23-8-2-5-16(23)24)17(25)22-12-3-1-4-13(10-12)26-18(20)21/h1,3-4,6-7,9-10,18H,2,5,8H2,(H,22,25). The zero-order chi connectivity index (χ0) is 18.7. The highest BCUT2D eigenvalue weighted by atomic mass is 35.5. The van der Waals surface area contributed by atoms with Gasteiger partial charge in [-0.2, -0.15) is 8.78 Å². The summed E-state index contributed by atoms with van der Waals surface area (Å²) in [6, 6.07) is 10.3. The molecule has 2 aromatic rings. The van der Waals surface area contributed by atoms with E-state index in [1.165, 1.54) is 29.2 Å². The maximum Gasteiger partial charge on any atom is 0.387 e. The maximum atomic E-state index is 12.7. The summed E-state index contributed by atoms with van der Waals surface area (Å²) in [5, 5.41) is 3.03. The fourth-order valence-corrected chi connectivity index (χ4v) is 2.94. The average Bonchev–Trinajstić information content (AvgIpc) is 3.00. The number of carbonyl (C=O) groups is 2. The number of halogens is 3. The molecule has 1 saturated heterocycles. The van der Waals surface area contributed by atoms with Crippen LogP contribution in [0.5, 0.6) is 5.75 Å². The van der Waals surface area contributed by atoms with Gasteiger partial charge in [0.2, 0.25) is 5.91 Å². The molecule has 0 aliphatic carbocycles. The van der Waals surface area contributed by atoms with Crippen LogP contribution in [0.2, 0.25) is 5.02 Å². The van der Waals surface area contributed by atoms with Gasteiger partial charge < -0.3 is 15.0 Å². The molecule has 1 aliphatic rings. The summed E-state index contributed by atoms with van der Waals surface area (Å²) in [5.74, 6) is -0.622. The molecule has 0 unspecified atom stereocenters. The highest BCUT2D eigenvalue weighted by Gasteiger charge is 2.26. The molecule has 8 heteroatoms. The van der Waals surface area contributed by atoms with Crippen LogP contribution in [-0.4, -0.2) is 25.0 Å². The van der Waals surface area contributed by atoms with Gasteiger partial charge in [-0.1, -0.05) is 17.7 Å². The van der Waals surface area contributed by atoms with Gasteiger partial charge >= 0.3 is 6.61 Å². The molecule has 1 aliphatic heterocycles. The number of benzene rings is 2. The van der Waals surface area contributed by atoms with E-state index in [1.807, 2.05) is 0 Å². The number of nitrogens with one attached hydrogen (secondary N) is 1. The predicted molar refractivity (Wildman–Crippen MR) is 94.1 cm³/mol. The minimum atomic E-state index is -2.95. The number of carbonyl (C=O) groups excluding carboxylic acids is 2. The first-order valence-corrected chi connectivity index (χ1v) is 8.28. The van der Waals surface area contributed by atoms with E-state index in [0.29, 0.717) is 35.8 Å². The third-order valence-corrected chi connectivity index (χ3v) is 4.12. The maximum absolute atomic E-state index is 12.7. The molecule has 0 spiro atoms. The Morgan fingerprint density at radius 1 is 1.23 bits per heavy atom. The Hall–Kier alpha value is -2.67. The van der Waals surface area contributed by atoms with E-state index in [9.17, 15) is 18.4 Å². The second-order valence-electron chi connectivity index (χ2n) is 5.67. The van der Waals surface area contributed by atoms with Gasteiger partial charge in [-0.15, -0.1) is 0 Å². The number of nitrogens with zero attached hydrogens (tertiary/aromatic N) is 1. The van der Waals surface area contributed by atoms with Crippen LogP contribution in [0.3, 0.4) is 0 Å². The first-order chi connectivity index (χ1) is 12.4. The lowest BCUT2D eigenvalue weighted by Gasteiger charge is -2.20. The molecule has 5 nitrogen and oxygen atoms in total. The molecule has 0 bridgehead atoms. The summed E-state index contributed by atoms with van der Waals surface area (Å²) in [4.78, 5) is 26.2. The highest BCUT2D eigenvalue weighted by molar-refractivity contribution is 6.31. The largest absolute Gasteiger partial charge is 0.435 e. The number of amides is 2. The van der Waals surface area contributed by atoms with Crippen molar-refractivity contribution in [1.29, 1.82) is 0 Å². The molecule has 0 aromatic heterocycles. The minimum Gasteiger partial charge on any atom is -0.435 e. The van der Waals surface area contributed by atoms with Crippen molar-refractivity contribution in [3.05, 3.63) is 53.1 Å². The molecule has 1 N–H and O–H groups in total. The topological polar surface area (TPSA) is 58.6 Å². The molecule has 0 saturated carbocycles. The van der Waals surface area contributed by atoms with Crippen LogP contribution in [0.4, 0.5) is 20.2 Å². The zero-order valence-corrected chi connectivity index (χ0v) is 14.3. The normalized spacial score (nSPS) is 14.0. The Balaban J connectivity index is 1.85. The van der Waals surface area contributed by atoms with E-state index in [2.05, 4.69) is 10.1 Å². The second kappa shape index (κ2) is 7.70. The van der Waals surface area contributed by atoms with E-state index in [1.54, 1.807) is 18.2 Å². The second-order valence-corrected chi connectivity index (χ2v) is 6.11. The quantitative estimate of drug-likeness (QED) is 0.840. The van der Waals surface area contributed by atoms with E-state index >= 15 is 0 Å². The summed E-state index contributed by atoms with van der Waals surface area (Å²) in [6.07, 6.45) is 1.13. The third-order valence-electron chi connectivity index (χ3n) is 3.89. The molecule has 136 valence electrons. The number of hydrogen-bond acceptors (Lipinski definition) is 3. The lowest BCUT2D eigenvalue weighted by atomic mass is 10.1. The van der Waals surface area contributed by atoms with Gasteiger partial charge in [0, 0.05) is 29.7 Å². The monoisotopic (exact) mass is 380 g/mol. The van der Waals surface area contributed by atoms with Crippen LogP contribution in [0, 0.1) is 0 Å². The van der Waals surface area contributed by atoms with Crippen LogP contribution in [0.25, 0.3) is 0 Å². The molecule has 1 fully saturated rings. The number of rotatable bonds is 5. The van der Waals surface area contributed by atoms with Crippen molar-refractivity contribution < 1.29 is 23.1 Å². The van der Waals surface area contributed by atoms with Gasteiger partial charge in [0.05, 0.1) is 11.3 Å². The Morgan fingerprint density at radius 2 is 2.04 bits per heavy atom. The van der Waals surface area contributed by atoms with E-state index in [0.717, 1.165) is 0 Å². The summed E-state index contributed by atoms with van der Waals surface area (Å²) < 4.78 is 29.0. The third kappa shape index (κ3) is 4.11. The van der Waals surface area contributed by atoms with Crippen molar-refractivity contribution in [3.8, 4) is 5.75 Å². The van der Waals surface area contributed by atoms with Crippen molar-refractivity contribution in [2.24, 2.45) is 0 Å². The van der Waals surface area contributed by atoms with Crippen molar-refractivity contribution in [2.75, 3.05) is 16.8 Å². The smallest absolute Gasteiger partial charge is 0.387 e. The first kappa shape index (κ1) is 18.1. The van der Waals surface area contributed by atoms with Crippen LogP contribution in [0.15, 0.2) is 42.5 Å².